The van der Waals surface area contributed by atoms with E-state index in [9.17, 15) is 4.79 Å². The summed E-state index contributed by atoms with van der Waals surface area (Å²) in [6.07, 6.45) is 6.32. The summed E-state index contributed by atoms with van der Waals surface area (Å²) in [4.78, 5) is 14.3. The Balaban J connectivity index is 1.91. The molecule has 0 radical (unpaired) electrons. The topological polar surface area (TPSA) is 73.4 Å². The van der Waals surface area contributed by atoms with E-state index in [4.69, 9.17) is 10.5 Å². The molecule has 1 aliphatic rings. The van der Waals surface area contributed by atoms with E-state index in [-0.39, 0.29) is 5.56 Å². The minimum absolute atomic E-state index is 0.113. The highest BCUT2D eigenvalue weighted by Crippen LogP contribution is 2.17. The molecule has 0 aliphatic carbocycles. The van der Waals surface area contributed by atoms with Crippen LogP contribution in [0.25, 0.3) is 0 Å². The third-order valence-corrected chi connectivity index (χ3v) is 3.83. The molecule has 0 spiro atoms. The van der Waals surface area contributed by atoms with Crippen LogP contribution in [0.2, 0.25) is 0 Å². The van der Waals surface area contributed by atoms with Crippen molar-refractivity contribution in [2.24, 2.45) is 5.73 Å². The first-order valence-electron chi connectivity index (χ1n) is 7.31. The van der Waals surface area contributed by atoms with Crippen LogP contribution >= 0.6 is 0 Å². The molecule has 6 nitrogen and oxygen atoms in total. The van der Waals surface area contributed by atoms with Crippen molar-refractivity contribution in [3.05, 3.63) is 22.6 Å². The molecule has 1 aromatic rings. The molecule has 1 aliphatic heterocycles. The number of nitrogens with zero attached hydrogens (tertiary/aromatic N) is 3. The van der Waals surface area contributed by atoms with E-state index in [1.54, 1.807) is 6.20 Å². The van der Waals surface area contributed by atoms with Crippen LogP contribution in [0, 0.1) is 0 Å². The summed E-state index contributed by atoms with van der Waals surface area (Å²) in [5, 5.41) is 4.16. The molecule has 0 amide bonds. The second-order valence-electron chi connectivity index (χ2n) is 5.31. The highest BCUT2D eigenvalue weighted by molar-refractivity contribution is 5.13. The van der Waals surface area contributed by atoms with Crippen LogP contribution < -0.4 is 16.0 Å². The fourth-order valence-corrected chi connectivity index (χ4v) is 2.62. The molecule has 0 bridgehead atoms. The Morgan fingerprint density at radius 1 is 1.50 bits per heavy atom. The van der Waals surface area contributed by atoms with E-state index in [2.05, 4.69) is 17.0 Å². The smallest absolute Gasteiger partial charge is 0.270 e. The summed E-state index contributed by atoms with van der Waals surface area (Å²) < 4.78 is 6.81. The van der Waals surface area contributed by atoms with Crippen molar-refractivity contribution in [2.75, 3.05) is 26.7 Å². The van der Waals surface area contributed by atoms with E-state index in [1.165, 1.54) is 30.0 Å². The second kappa shape index (κ2) is 7.40. The van der Waals surface area contributed by atoms with E-state index in [0.29, 0.717) is 31.5 Å². The van der Waals surface area contributed by atoms with Crippen molar-refractivity contribution in [3.8, 4) is 5.75 Å². The minimum Gasteiger partial charge on any atom is -0.490 e. The molecule has 1 atom stereocenters. The average molecular weight is 280 g/mol. The standard InChI is InChI=1S/C14H24N4O2/c1-17-7-3-2-4-12(17)5-8-18-14(19)10-13(11-16-18)20-9-6-15/h10-12H,2-9,15H2,1H3. The predicted molar refractivity (Wildman–Crippen MR) is 77.9 cm³/mol. The van der Waals surface area contributed by atoms with Gasteiger partial charge < -0.3 is 15.4 Å². The molecule has 0 aromatic carbocycles. The van der Waals surface area contributed by atoms with Crippen LogP contribution in [-0.4, -0.2) is 47.5 Å². The molecule has 2 N–H and O–H groups in total. The summed E-state index contributed by atoms with van der Waals surface area (Å²) in [5.74, 6) is 0.492. The number of hydrogen-bond donors (Lipinski definition) is 1. The summed E-state index contributed by atoms with van der Waals surface area (Å²) in [5.41, 5.74) is 5.24. The van der Waals surface area contributed by atoms with E-state index in [0.717, 1.165) is 13.0 Å². The first-order valence-corrected chi connectivity index (χ1v) is 7.31. The molecule has 6 heteroatoms. The Kier molecular flexibility index (Phi) is 5.55. The number of likely N-dealkylation sites (tertiary alicyclic amines) is 1. The van der Waals surface area contributed by atoms with Crippen molar-refractivity contribution in [1.29, 1.82) is 0 Å². The van der Waals surface area contributed by atoms with Crippen molar-refractivity contribution >= 4 is 0 Å². The lowest BCUT2D eigenvalue weighted by molar-refractivity contribution is 0.169. The summed E-state index contributed by atoms with van der Waals surface area (Å²) in [7, 11) is 2.16. The lowest BCUT2D eigenvalue weighted by atomic mass is 10.0. The number of aryl methyl sites for hydroxylation is 1. The Labute approximate surface area is 119 Å². The maximum Gasteiger partial charge on any atom is 0.270 e. The zero-order valence-corrected chi connectivity index (χ0v) is 12.1. The average Bonchev–Trinajstić information content (AvgIpc) is 2.45. The highest BCUT2D eigenvalue weighted by Gasteiger charge is 2.18. The first-order chi connectivity index (χ1) is 9.70. The number of piperidine rings is 1. The van der Waals surface area contributed by atoms with Crippen molar-refractivity contribution in [2.45, 2.75) is 38.3 Å². The van der Waals surface area contributed by atoms with Gasteiger partial charge >= 0.3 is 0 Å². The molecule has 0 saturated carbocycles. The largest absolute Gasteiger partial charge is 0.490 e. The van der Waals surface area contributed by atoms with Gasteiger partial charge in [-0.2, -0.15) is 5.10 Å². The number of aromatic nitrogens is 2. The Morgan fingerprint density at radius 2 is 2.35 bits per heavy atom. The van der Waals surface area contributed by atoms with Gasteiger partial charge in [-0.05, 0) is 32.9 Å². The van der Waals surface area contributed by atoms with Gasteiger partial charge in [0.25, 0.3) is 5.56 Å². The molecule has 2 rings (SSSR count). The zero-order valence-electron chi connectivity index (χ0n) is 12.1. The lowest BCUT2D eigenvalue weighted by Crippen LogP contribution is -2.37. The van der Waals surface area contributed by atoms with Crippen molar-refractivity contribution < 1.29 is 4.74 Å². The van der Waals surface area contributed by atoms with Crippen molar-refractivity contribution in [3.63, 3.8) is 0 Å². The SMILES string of the molecule is CN1CCCCC1CCn1ncc(OCCN)cc1=O. The van der Waals surface area contributed by atoms with Crippen LogP contribution in [0.1, 0.15) is 25.7 Å². The quantitative estimate of drug-likeness (QED) is 0.819. The Hall–Kier alpha value is -1.40. The summed E-state index contributed by atoms with van der Waals surface area (Å²) in [6, 6.07) is 2.04. The van der Waals surface area contributed by atoms with Gasteiger partial charge in [0.2, 0.25) is 0 Å². The number of rotatable bonds is 6. The molecule has 20 heavy (non-hydrogen) atoms. The monoisotopic (exact) mass is 280 g/mol. The fourth-order valence-electron chi connectivity index (χ4n) is 2.62. The lowest BCUT2D eigenvalue weighted by Gasteiger charge is -2.32. The molecule has 1 unspecified atom stereocenters. The minimum atomic E-state index is -0.113. The molecule has 1 saturated heterocycles. The number of ether oxygens (including phenoxy) is 1. The zero-order chi connectivity index (χ0) is 14.4. The van der Waals surface area contributed by atoms with Crippen LogP contribution in [0.4, 0.5) is 0 Å². The maximum atomic E-state index is 11.9. The third kappa shape index (κ3) is 4.05. The van der Waals surface area contributed by atoms with Gasteiger partial charge in [-0.3, -0.25) is 4.79 Å². The van der Waals surface area contributed by atoms with Gasteiger partial charge in [-0.25, -0.2) is 4.68 Å². The fraction of sp³-hybridized carbons (Fsp3) is 0.714. The summed E-state index contributed by atoms with van der Waals surface area (Å²) in [6.45, 7) is 2.64. The molecular formula is C14H24N4O2. The Bertz CT molecular complexity index is 474. The van der Waals surface area contributed by atoms with Crippen LogP contribution in [-0.2, 0) is 6.54 Å². The summed E-state index contributed by atoms with van der Waals surface area (Å²) >= 11 is 0. The van der Waals surface area contributed by atoms with Gasteiger partial charge in [0.05, 0.1) is 6.20 Å². The normalized spacial score (nSPS) is 20.0. The van der Waals surface area contributed by atoms with Gasteiger partial charge in [-0.15, -0.1) is 0 Å². The van der Waals surface area contributed by atoms with Gasteiger partial charge in [0.15, 0.2) is 0 Å². The third-order valence-electron chi connectivity index (χ3n) is 3.83. The predicted octanol–water partition coefficient (Wildman–Crippen LogP) is 0.455. The van der Waals surface area contributed by atoms with Crippen LogP contribution in [0.5, 0.6) is 5.75 Å². The van der Waals surface area contributed by atoms with Crippen molar-refractivity contribution in [1.82, 2.24) is 14.7 Å². The first kappa shape index (κ1) is 15.0. The number of nitrogens with two attached hydrogens (primary N) is 1. The van der Waals surface area contributed by atoms with Gasteiger partial charge in [0, 0.05) is 25.2 Å². The molecule has 1 aromatic heterocycles. The van der Waals surface area contributed by atoms with Crippen LogP contribution in [0.15, 0.2) is 17.1 Å². The van der Waals surface area contributed by atoms with Crippen LogP contribution in [0.3, 0.4) is 0 Å². The maximum absolute atomic E-state index is 11.9. The molecule has 1 fully saturated rings. The Morgan fingerprint density at radius 3 is 3.05 bits per heavy atom. The van der Waals surface area contributed by atoms with E-state index < -0.39 is 0 Å². The van der Waals surface area contributed by atoms with E-state index in [1.807, 2.05) is 0 Å². The molecule has 2 heterocycles. The molecule has 112 valence electrons. The van der Waals surface area contributed by atoms with Gasteiger partial charge in [0.1, 0.15) is 12.4 Å². The highest BCUT2D eigenvalue weighted by atomic mass is 16.5. The van der Waals surface area contributed by atoms with E-state index >= 15 is 0 Å². The second-order valence-corrected chi connectivity index (χ2v) is 5.31. The number of hydrogen-bond acceptors (Lipinski definition) is 5. The van der Waals surface area contributed by atoms with Gasteiger partial charge in [-0.1, -0.05) is 6.42 Å². The molecular weight excluding hydrogens is 256 g/mol.